The first-order chi connectivity index (χ1) is 6.47. The van der Waals surface area contributed by atoms with E-state index in [-0.39, 0.29) is 0 Å². The van der Waals surface area contributed by atoms with E-state index in [1.807, 2.05) is 24.0 Å². The van der Waals surface area contributed by atoms with Crippen molar-refractivity contribution in [1.29, 1.82) is 0 Å². The highest BCUT2D eigenvalue weighted by molar-refractivity contribution is 7.99. The number of hydrogen-bond donors (Lipinski definition) is 1. The zero-order valence-corrected chi connectivity index (χ0v) is 8.44. The summed E-state index contributed by atoms with van der Waals surface area (Å²) in [6.07, 6.45) is 4.41. The second-order valence-electron chi connectivity index (χ2n) is 3.15. The van der Waals surface area contributed by atoms with Gasteiger partial charge in [0.1, 0.15) is 0 Å². The maximum Gasteiger partial charge on any atom is 0.0547 e. The molecule has 0 unspecified atom stereocenters. The van der Waals surface area contributed by atoms with Gasteiger partial charge >= 0.3 is 0 Å². The first-order valence-electron chi connectivity index (χ1n) is 4.74. The summed E-state index contributed by atoms with van der Waals surface area (Å²) in [5, 5.41) is 3.11. The van der Waals surface area contributed by atoms with Crippen LogP contribution in [0.2, 0.25) is 0 Å². The van der Waals surface area contributed by atoms with Crippen molar-refractivity contribution in [3.63, 3.8) is 0 Å². The molecular formula is C10H14N2S. The monoisotopic (exact) mass is 194 g/mol. The topological polar surface area (TPSA) is 24.9 Å². The molecule has 0 atom stereocenters. The molecule has 1 N–H and O–H groups in total. The van der Waals surface area contributed by atoms with E-state index in [1.165, 1.54) is 35.9 Å². The fraction of sp³-hybridized carbons (Fsp3) is 0.500. The number of nitrogens with zero attached hydrogens (tertiary/aromatic N) is 1. The molecular weight excluding hydrogens is 180 g/mol. The van der Waals surface area contributed by atoms with Crippen molar-refractivity contribution in [3.05, 3.63) is 24.0 Å². The first-order valence-corrected chi connectivity index (χ1v) is 5.73. The van der Waals surface area contributed by atoms with E-state index < -0.39 is 0 Å². The van der Waals surface area contributed by atoms with Gasteiger partial charge in [0.25, 0.3) is 0 Å². The summed E-state index contributed by atoms with van der Waals surface area (Å²) in [6, 6.07) is 4.14. The van der Waals surface area contributed by atoms with Crippen molar-refractivity contribution < 1.29 is 0 Å². The molecule has 0 aromatic carbocycles. The van der Waals surface area contributed by atoms with Crippen LogP contribution in [0.5, 0.6) is 0 Å². The minimum absolute atomic E-state index is 1.15. The molecule has 3 heteroatoms. The minimum atomic E-state index is 1.15. The van der Waals surface area contributed by atoms with Crippen molar-refractivity contribution in [2.45, 2.75) is 17.7 Å². The van der Waals surface area contributed by atoms with E-state index in [2.05, 4.69) is 16.4 Å². The van der Waals surface area contributed by atoms with Crippen LogP contribution >= 0.6 is 11.8 Å². The molecule has 3 heterocycles. The van der Waals surface area contributed by atoms with Gasteiger partial charge in [-0.1, -0.05) is 0 Å². The summed E-state index contributed by atoms with van der Waals surface area (Å²) in [6.45, 7) is 2.50. The van der Waals surface area contributed by atoms with Crippen molar-refractivity contribution >= 4 is 11.8 Å². The van der Waals surface area contributed by atoms with E-state index in [9.17, 15) is 0 Å². The van der Waals surface area contributed by atoms with Crippen LogP contribution in [0.3, 0.4) is 0 Å². The predicted octanol–water partition coefficient (Wildman–Crippen LogP) is 1.71. The fourth-order valence-corrected chi connectivity index (χ4v) is 2.19. The Balaban J connectivity index is 0.000000137. The number of pyridine rings is 1. The molecule has 70 valence electrons. The lowest BCUT2D eigenvalue weighted by Gasteiger charge is -2.09. The maximum atomic E-state index is 4.24. The van der Waals surface area contributed by atoms with Gasteiger partial charge in [-0.3, -0.25) is 4.98 Å². The second kappa shape index (κ2) is 4.63. The van der Waals surface area contributed by atoms with Crippen LogP contribution in [-0.4, -0.2) is 23.8 Å². The first kappa shape index (κ1) is 9.03. The molecule has 0 saturated carbocycles. The van der Waals surface area contributed by atoms with Crippen LogP contribution in [-0.2, 0) is 6.42 Å². The Morgan fingerprint density at radius 3 is 2.77 bits per heavy atom. The van der Waals surface area contributed by atoms with Gasteiger partial charge in [0.2, 0.25) is 0 Å². The van der Waals surface area contributed by atoms with Crippen LogP contribution in [0, 0.1) is 0 Å². The predicted molar refractivity (Wildman–Crippen MR) is 56.2 cm³/mol. The molecule has 1 aromatic heterocycles. The summed E-state index contributed by atoms with van der Waals surface area (Å²) >= 11 is 1.91. The number of aromatic nitrogens is 1. The lowest BCUT2D eigenvalue weighted by molar-refractivity contribution is 0.527. The van der Waals surface area contributed by atoms with E-state index >= 15 is 0 Å². The Bertz CT molecular complexity index is 244. The van der Waals surface area contributed by atoms with E-state index in [0.29, 0.717) is 0 Å². The van der Waals surface area contributed by atoms with Gasteiger partial charge in [-0.25, -0.2) is 0 Å². The highest BCUT2D eigenvalue weighted by atomic mass is 32.2. The molecule has 3 rings (SSSR count). The summed E-state index contributed by atoms with van der Waals surface area (Å²) in [5.41, 5.74) is 1.28. The van der Waals surface area contributed by atoms with Crippen LogP contribution in [0.15, 0.2) is 23.2 Å². The zero-order valence-electron chi connectivity index (χ0n) is 7.62. The van der Waals surface area contributed by atoms with Crippen molar-refractivity contribution in [2.24, 2.45) is 0 Å². The smallest absolute Gasteiger partial charge is 0.0547 e. The molecule has 0 spiro atoms. The number of thioether (sulfide) groups is 1. The quantitative estimate of drug-likeness (QED) is 0.680. The molecule has 0 aliphatic carbocycles. The average molecular weight is 194 g/mol. The molecule has 2 aliphatic heterocycles. The Labute approximate surface area is 83.1 Å². The molecule has 2 aliphatic rings. The third kappa shape index (κ3) is 2.45. The number of hydrogen-bond acceptors (Lipinski definition) is 3. The second-order valence-corrected chi connectivity index (χ2v) is 4.29. The molecule has 13 heavy (non-hydrogen) atoms. The summed E-state index contributed by atoms with van der Waals surface area (Å²) in [5.74, 6) is 1.21. The largest absolute Gasteiger partial charge is 0.317 e. The summed E-state index contributed by atoms with van der Waals surface area (Å²) < 4.78 is 0. The van der Waals surface area contributed by atoms with Gasteiger partial charge in [0.15, 0.2) is 0 Å². The Hall–Kier alpha value is -0.540. The highest BCUT2D eigenvalue weighted by Crippen LogP contribution is 2.28. The van der Waals surface area contributed by atoms with Crippen LogP contribution in [0.1, 0.15) is 12.1 Å². The van der Waals surface area contributed by atoms with Gasteiger partial charge in [-0.05, 0) is 31.6 Å². The SMILES string of the molecule is C1CNC1.c1cnc2c(c1)SCC2. The number of nitrogens with one attached hydrogen (secondary N) is 1. The third-order valence-corrected chi connectivity index (χ3v) is 3.24. The lowest BCUT2D eigenvalue weighted by Crippen LogP contribution is -2.29. The standard InChI is InChI=1S/C7H7NS.C3H7N/c1-2-7-6(8-4-1)3-5-9-7;1-2-4-3-1/h1-2,4H,3,5H2;4H,1-3H2. The highest BCUT2D eigenvalue weighted by Gasteiger charge is 2.09. The van der Waals surface area contributed by atoms with Gasteiger partial charge in [-0.15, -0.1) is 11.8 Å². The van der Waals surface area contributed by atoms with E-state index in [0.717, 1.165) is 6.42 Å². The third-order valence-electron chi connectivity index (χ3n) is 2.15. The van der Waals surface area contributed by atoms with Gasteiger partial charge in [0.05, 0.1) is 5.69 Å². The Morgan fingerprint density at radius 1 is 1.38 bits per heavy atom. The summed E-state index contributed by atoms with van der Waals surface area (Å²) in [7, 11) is 0. The lowest BCUT2D eigenvalue weighted by atomic mass is 10.3. The van der Waals surface area contributed by atoms with E-state index in [4.69, 9.17) is 0 Å². The van der Waals surface area contributed by atoms with Crippen molar-refractivity contribution in [3.8, 4) is 0 Å². The molecule has 0 radical (unpaired) electrons. The molecule has 1 saturated heterocycles. The minimum Gasteiger partial charge on any atom is -0.317 e. The summed E-state index contributed by atoms with van der Waals surface area (Å²) in [4.78, 5) is 5.61. The van der Waals surface area contributed by atoms with Crippen LogP contribution in [0.25, 0.3) is 0 Å². The normalized spacial score (nSPS) is 18.2. The van der Waals surface area contributed by atoms with Gasteiger partial charge in [-0.2, -0.15) is 0 Å². The molecule has 0 amide bonds. The van der Waals surface area contributed by atoms with Gasteiger partial charge < -0.3 is 5.32 Å². The van der Waals surface area contributed by atoms with Crippen molar-refractivity contribution in [2.75, 3.05) is 18.8 Å². The van der Waals surface area contributed by atoms with E-state index in [1.54, 1.807) is 0 Å². The fourth-order valence-electron chi connectivity index (χ4n) is 1.18. The number of aryl methyl sites for hydroxylation is 1. The molecule has 0 bridgehead atoms. The maximum absolute atomic E-state index is 4.24. The average Bonchev–Trinajstić information content (AvgIpc) is 2.47. The molecule has 1 fully saturated rings. The zero-order chi connectivity index (χ0) is 8.93. The number of fused-ring (bicyclic) bond motifs is 1. The van der Waals surface area contributed by atoms with Crippen LogP contribution < -0.4 is 5.32 Å². The number of rotatable bonds is 0. The molecule has 1 aromatic rings. The van der Waals surface area contributed by atoms with Crippen LogP contribution in [0.4, 0.5) is 0 Å². The Morgan fingerprint density at radius 2 is 2.15 bits per heavy atom. The molecule has 2 nitrogen and oxygen atoms in total. The van der Waals surface area contributed by atoms with Crippen molar-refractivity contribution in [1.82, 2.24) is 10.3 Å². The Kier molecular flexibility index (Phi) is 3.22. The van der Waals surface area contributed by atoms with Gasteiger partial charge in [0, 0.05) is 23.3 Å².